The molecule has 1 aromatic heterocycles. The van der Waals surface area contributed by atoms with Crippen LogP contribution >= 0.6 is 0 Å². The topological polar surface area (TPSA) is 84.3 Å². The van der Waals surface area contributed by atoms with Gasteiger partial charge in [-0.1, -0.05) is 0 Å². The number of fused-ring (bicyclic) bond motifs is 1. The third kappa shape index (κ3) is 2.40. The number of benzene rings is 1. The van der Waals surface area contributed by atoms with E-state index in [1.54, 1.807) is 6.07 Å². The van der Waals surface area contributed by atoms with Gasteiger partial charge in [0.05, 0.1) is 7.11 Å². The number of carboxylic acid groups (broad SMARTS) is 1. The lowest BCUT2D eigenvalue weighted by Gasteiger charge is -2.12. The number of ether oxygens (including phenoxy) is 1. The van der Waals surface area contributed by atoms with Crippen molar-refractivity contribution in [1.29, 1.82) is 0 Å². The molecule has 100 valence electrons. The minimum absolute atomic E-state index is 0.0726. The van der Waals surface area contributed by atoms with Crippen LogP contribution < -0.4 is 10.1 Å². The van der Waals surface area contributed by atoms with Gasteiger partial charge in [0.2, 0.25) is 0 Å². The maximum absolute atomic E-state index is 14.0. The maximum Gasteiger partial charge on any atom is 0.325 e. The van der Waals surface area contributed by atoms with Crippen LogP contribution in [0.1, 0.15) is 6.92 Å². The van der Waals surface area contributed by atoms with E-state index >= 15 is 0 Å². The molecule has 0 amide bonds. The van der Waals surface area contributed by atoms with Crippen molar-refractivity contribution < 1.29 is 19.0 Å². The van der Waals surface area contributed by atoms with E-state index in [-0.39, 0.29) is 17.1 Å². The Morgan fingerprint density at radius 3 is 2.84 bits per heavy atom. The summed E-state index contributed by atoms with van der Waals surface area (Å²) in [7, 11) is 1.36. The first-order valence-corrected chi connectivity index (χ1v) is 5.51. The molecule has 0 aliphatic carbocycles. The second-order valence-electron chi connectivity index (χ2n) is 3.90. The summed E-state index contributed by atoms with van der Waals surface area (Å²) in [6.45, 7) is 1.47. The number of aromatic nitrogens is 2. The summed E-state index contributed by atoms with van der Waals surface area (Å²) in [5.74, 6) is -1.29. The molecule has 0 saturated carbocycles. The summed E-state index contributed by atoms with van der Waals surface area (Å²) in [4.78, 5) is 18.6. The van der Waals surface area contributed by atoms with Gasteiger partial charge in [0.1, 0.15) is 23.7 Å². The minimum Gasteiger partial charge on any atom is -0.494 e. The van der Waals surface area contributed by atoms with E-state index in [2.05, 4.69) is 15.3 Å². The Hall–Kier alpha value is -2.44. The second-order valence-corrected chi connectivity index (χ2v) is 3.90. The van der Waals surface area contributed by atoms with Gasteiger partial charge in [-0.3, -0.25) is 4.79 Å². The molecule has 6 nitrogen and oxygen atoms in total. The fourth-order valence-electron chi connectivity index (χ4n) is 1.62. The number of nitrogens with zero attached hydrogens (tertiary/aromatic N) is 2. The Labute approximate surface area is 108 Å². The molecule has 0 aliphatic heterocycles. The Kier molecular flexibility index (Phi) is 3.46. The molecule has 2 N–H and O–H groups in total. The fourth-order valence-corrected chi connectivity index (χ4v) is 1.62. The zero-order valence-electron chi connectivity index (χ0n) is 10.3. The van der Waals surface area contributed by atoms with Crippen LogP contribution in [-0.2, 0) is 4.79 Å². The van der Waals surface area contributed by atoms with Gasteiger partial charge in [-0.2, -0.15) is 0 Å². The normalized spacial score (nSPS) is 12.2. The van der Waals surface area contributed by atoms with Crippen molar-refractivity contribution in [3.63, 3.8) is 0 Å². The van der Waals surface area contributed by atoms with E-state index in [0.29, 0.717) is 5.39 Å². The molecule has 1 atom stereocenters. The molecule has 0 fully saturated rings. The minimum atomic E-state index is -1.03. The number of methoxy groups -OCH3 is 1. The quantitative estimate of drug-likeness (QED) is 0.874. The first-order chi connectivity index (χ1) is 9.04. The molecule has 0 saturated heterocycles. The van der Waals surface area contributed by atoms with Crippen molar-refractivity contribution in [3.8, 4) is 5.75 Å². The number of aliphatic carboxylic acids is 1. The van der Waals surface area contributed by atoms with E-state index in [4.69, 9.17) is 9.84 Å². The number of hydrogen-bond donors (Lipinski definition) is 2. The molecule has 2 rings (SSSR count). The number of hydrogen-bond acceptors (Lipinski definition) is 5. The summed E-state index contributed by atoms with van der Waals surface area (Å²) in [6.07, 6.45) is 1.17. The molecule has 1 aromatic carbocycles. The van der Waals surface area contributed by atoms with Crippen LogP contribution in [0.4, 0.5) is 10.2 Å². The van der Waals surface area contributed by atoms with E-state index in [9.17, 15) is 9.18 Å². The number of carboxylic acids is 1. The lowest BCUT2D eigenvalue weighted by molar-refractivity contribution is -0.137. The Bertz CT molecular complexity index is 633. The molecule has 0 spiro atoms. The lowest BCUT2D eigenvalue weighted by Crippen LogP contribution is -2.26. The summed E-state index contributed by atoms with van der Waals surface area (Å²) >= 11 is 0. The predicted molar refractivity (Wildman–Crippen MR) is 66.8 cm³/mol. The highest BCUT2D eigenvalue weighted by Gasteiger charge is 2.16. The van der Waals surface area contributed by atoms with Gasteiger partial charge in [0.15, 0.2) is 11.6 Å². The van der Waals surface area contributed by atoms with Crippen molar-refractivity contribution >= 4 is 22.7 Å². The van der Waals surface area contributed by atoms with Gasteiger partial charge in [-0.05, 0) is 19.1 Å². The number of halogens is 1. The highest BCUT2D eigenvalue weighted by atomic mass is 19.1. The van der Waals surface area contributed by atoms with Crippen LogP contribution in [0, 0.1) is 5.82 Å². The Morgan fingerprint density at radius 2 is 2.21 bits per heavy atom. The van der Waals surface area contributed by atoms with Crippen molar-refractivity contribution in [2.45, 2.75) is 13.0 Å². The van der Waals surface area contributed by atoms with Crippen LogP contribution in [0.5, 0.6) is 5.75 Å². The molecular weight excluding hydrogens is 253 g/mol. The highest BCUT2D eigenvalue weighted by molar-refractivity contribution is 5.91. The fraction of sp³-hybridized carbons (Fsp3) is 0.250. The molecule has 7 heteroatoms. The van der Waals surface area contributed by atoms with Crippen LogP contribution in [0.15, 0.2) is 18.5 Å². The van der Waals surface area contributed by atoms with Gasteiger partial charge in [-0.15, -0.1) is 0 Å². The SMILES string of the molecule is COc1ccc2c(NC(C)C(=O)O)ncnc2c1F. The van der Waals surface area contributed by atoms with Gasteiger partial charge >= 0.3 is 5.97 Å². The highest BCUT2D eigenvalue weighted by Crippen LogP contribution is 2.28. The third-order valence-electron chi connectivity index (χ3n) is 2.65. The van der Waals surface area contributed by atoms with Crippen molar-refractivity contribution in [2.24, 2.45) is 0 Å². The van der Waals surface area contributed by atoms with E-state index in [1.165, 1.54) is 26.4 Å². The molecule has 19 heavy (non-hydrogen) atoms. The number of nitrogens with one attached hydrogen (secondary N) is 1. The first kappa shape index (κ1) is 13.0. The van der Waals surface area contributed by atoms with Crippen molar-refractivity contribution in [3.05, 3.63) is 24.3 Å². The smallest absolute Gasteiger partial charge is 0.325 e. The molecule has 2 aromatic rings. The van der Waals surface area contributed by atoms with Gasteiger partial charge in [-0.25, -0.2) is 14.4 Å². The summed E-state index contributed by atoms with van der Waals surface area (Å²) < 4.78 is 18.8. The molecule has 0 aliphatic rings. The van der Waals surface area contributed by atoms with Gasteiger partial charge in [0, 0.05) is 5.39 Å². The monoisotopic (exact) mass is 265 g/mol. The van der Waals surface area contributed by atoms with E-state index < -0.39 is 17.8 Å². The standard InChI is InChI=1S/C12H12FN3O3/c1-6(12(17)18)16-11-7-3-4-8(19-2)9(13)10(7)14-5-15-11/h3-6H,1-2H3,(H,17,18)(H,14,15,16). The Balaban J connectivity index is 2.52. The third-order valence-corrected chi connectivity index (χ3v) is 2.65. The van der Waals surface area contributed by atoms with E-state index in [0.717, 1.165) is 0 Å². The lowest BCUT2D eigenvalue weighted by atomic mass is 10.2. The summed E-state index contributed by atoms with van der Waals surface area (Å²) in [5, 5.41) is 11.9. The molecular formula is C12H12FN3O3. The number of rotatable bonds is 4. The van der Waals surface area contributed by atoms with Gasteiger partial charge < -0.3 is 15.2 Å². The molecule has 1 heterocycles. The molecule has 0 bridgehead atoms. The van der Waals surface area contributed by atoms with Crippen molar-refractivity contribution in [2.75, 3.05) is 12.4 Å². The zero-order chi connectivity index (χ0) is 14.0. The largest absolute Gasteiger partial charge is 0.494 e. The van der Waals surface area contributed by atoms with Crippen LogP contribution in [0.2, 0.25) is 0 Å². The predicted octanol–water partition coefficient (Wildman–Crippen LogP) is 1.66. The molecule has 1 unspecified atom stereocenters. The first-order valence-electron chi connectivity index (χ1n) is 5.51. The van der Waals surface area contributed by atoms with Crippen LogP contribution in [0.3, 0.4) is 0 Å². The maximum atomic E-state index is 14.0. The number of anilines is 1. The molecule has 0 radical (unpaired) electrons. The zero-order valence-corrected chi connectivity index (χ0v) is 10.3. The average Bonchev–Trinajstić information content (AvgIpc) is 2.40. The van der Waals surface area contributed by atoms with Crippen LogP contribution in [0.25, 0.3) is 10.9 Å². The number of carbonyl (C=O) groups is 1. The summed E-state index contributed by atoms with van der Waals surface area (Å²) in [6, 6.07) is 2.18. The Morgan fingerprint density at radius 1 is 1.47 bits per heavy atom. The van der Waals surface area contributed by atoms with Crippen molar-refractivity contribution in [1.82, 2.24) is 9.97 Å². The summed E-state index contributed by atoms with van der Waals surface area (Å²) in [5.41, 5.74) is 0.0782. The van der Waals surface area contributed by atoms with Gasteiger partial charge in [0.25, 0.3) is 0 Å². The van der Waals surface area contributed by atoms with E-state index in [1.807, 2.05) is 0 Å². The average molecular weight is 265 g/mol. The van der Waals surface area contributed by atoms with Crippen LogP contribution in [-0.4, -0.2) is 34.2 Å². The second kappa shape index (κ2) is 5.05.